The number of hydrogen-bond donors (Lipinski definition) is 7. The number of phenolic OH excluding ortho intramolecular Hbond substituents is 2. The van der Waals surface area contributed by atoms with Crippen molar-refractivity contribution in [3.63, 3.8) is 0 Å². The fourth-order valence-corrected chi connectivity index (χ4v) is 4.41. The molecule has 33 heavy (non-hydrogen) atoms. The minimum absolute atomic E-state index is 0.123. The molecule has 0 radical (unpaired) electrons. The van der Waals surface area contributed by atoms with Crippen molar-refractivity contribution in [2.24, 2.45) is 0 Å². The molecule has 2 aromatic rings. The van der Waals surface area contributed by atoms with Crippen LogP contribution in [0.4, 0.5) is 0 Å². The molecule has 1 fully saturated rings. The molecule has 3 heterocycles. The third kappa shape index (κ3) is 3.67. The van der Waals surface area contributed by atoms with Gasteiger partial charge in [0, 0.05) is 17.2 Å². The molecule has 3 aliphatic heterocycles. The summed E-state index contributed by atoms with van der Waals surface area (Å²) in [6, 6.07) is 7.28. The summed E-state index contributed by atoms with van der Waals surface area (Å²) in [5.74, 6) is -0.176. The molecule has 2 aromatic carbocycles. The topological polar surface area (TPSA) is 179 Å². The van der Waals surface area contributed by atoms with Crippen LogP contribution in [0.5, 0.6) is 23.0 Å². The summed E-state index contributed by atoms with van der Waals surface area (Å²) in [4.78, 5) is 0. The molecule has 3 aliphatic rings. The van der Waals surface area contributed by atoms with E-state index in [-0.39, 0.29) is 29.6 Å². The second-order valence-electron chi connectivity index (χ2n) is 8.31. The fourth-order valence-electron chi connectivity index (χ4n) is 4.41. The van der Waals surface area contributed by atoms with Crippen molar-refractivity contribution < 1.29 is 54.7 Å². The van der Waals surface area contributed by atoms with Crippen LogP contribution in [0.25, 0.3) is 0 Å². The van der Waals surface area contributed by atoms with Crippen LogP contribution in [0.1, 0.15) is 28.9 Å². The maximum atomic E-state index is 10.9. The number of rotatable bonds is 3. The lowest BCUT2D eigenvalue weighted by atomic mass is 9.87. The van der Waals surface area contributed by atoms with E-state index >= 15 is 0 Å². The highest BCUT2D eigenvalue weighted by Crippen LogP contribution is 2.48. The predicted molar refractivity (Wildman–Crippen MR) is 108 cm³/mol. The first kappa shape index (κ1) is 22.2. The second-order valence-corrected chi connectivity index (χ2v) is 8.31. The Hall–Kier alpha value is -2.64. The molecule has 0 spiro atoms. The second kappa shape index (κ2) is 8.29. The summed E-state index contributed by atoms with van der Waals surface area (Å²) in [7, 11) is 0. The van der Waals surface area contributed by atoms with Crippen LogP contribution in [0, 0.1) is 0 Å². The lowest BCUT2D eigenvalue weighted by Crippen LogP contribution is -2.60. The van der Waals surface area contributed by atoms with E-state index in [0.717, 1.165) is 0 Å². The molecule has 0 amide bonds. The van der Waals surface area contributed by atoms with Gasteiger partial charge in [0.05, 0.1) is 13.2 Å². The molecule has 1 saturated heterocycles. The number of ether oxygens (including phenoxy) is 4. The van der Waals surface area contributed by atoms with E-state index < -0.39 is 55.6 Å². The number of benzene rings is 2. The molecule has 0 unspecified atom stereocenters. The molecule has 0 saturated carbocycles. The fraction of sp³-hybridized carbons (Fsp3) is 0.455. The number of aromatic hydroxyl groups is 2. The summed E-state index contributed by atoms with van der Waals surface area (Å²) < 4.78 is 22.8. The molecule has 0 aromatic heterocycles. The number of aliphatic hydroxyl groups excluding tert-OH is 5. The van der Waals surface area contributed by atoms with Gasteiger partial charge in [-0.3, -0.25) is 0 Å². The molecule has 178 valence electrons. The van der Waals surface area contributed by atoms with Gasteiger partial charge in [-0.1, -0.05) is 0 Å². The maximum absolute atomic E-state index is 10.9. The van der Waals surface area contributed by atoms with E-state index in [9.17, 15) is 35.7 Å². The molecule has 5 rings (SSSR count). The zero-order chi connectivity index (χ0) is 23.4. The third-order valence-corrected chi connectivity index (χ3v) is 6.24. The van der Waals surface area contributed by atoms with Crippen molar-refractivity contribution in [1.29, 1.82) is 0 Å². The van der Waals surface area contributed by atoms with Crippen LogP contribution in [0.3, 0.4) is 0 Å². The van der Waals surface area contributed by atoms with Gasteiger partial charge in [0.15, 0.2) is 17.6 Å². The zero-order valence-corrected chi connectivity index (χ0v) is 17.2. The average molecular weight is 464 g/mol. The van der Waals surface area contributed by atoms with Gasteiger partial charge < -0.3 is 54.7 Å². The predicted octanol–water partition coefficient (Wildman–Crippen LogP) is -0.658. The largest absolute Gasteiger partial charge is 0.504 e. The van der Waals surface area contributed by atoms with Gasteiger partial charge >= 0.3 is 0 Å². The summed E-state index contributed by atoms with van der Waals surface area (Å²) >= 11 is 0. The van der Waals surface area contributed by atoms with E-state index in [2.05, 4.69) is 0 Å². The van der Waals surface area contributed by atoms with Crippen LogP contribution < -0.4 is 9.47 Å². The molecular formula is C22H24O11. The van der Waals surface area contributed by atoms with Crippen molar-refractivity contribution in [1.82, 2.24) is 0 Å². The third-order valence-electron chi connectivity index (χ3n) is 6.24. The van der Waals surface area contributed by atoms with E-state index in [1.807, 2.05) is 0 Å². The monoisotopic (exact) mass is 464 g/mol. The smallest absolute Gasteiger partial charge is 0.229 e. The van der Waals surface area contributed by atoms with Crippen molar-refractivity contribution >= 4 is 0 Å². The molecule has 11 heteroatoms. The SMILES string of the molecule is OC[C@H]1O[C@@H](Oc2ccc3c(c2)O[C@@H]2c4cc(O)c(O)cc4CO[C@H]2[C@@H]3O)[C@H](O)[C@@H](O)[C@@H]1O. The van der Waals surface area contributed by atoms with Gasteiger partial charge in [0.25, 0.3) is 0 Å². The summed E-state index contributed by atoms with van der Waals surface area (Å²) in [5.41, 5.74) is 1.60. The van der Waals surface area contributed by atoms with Crippen LogP contribution in [-0.2, 0) is 16.1 Å². The normalized spacial score (nSPS) is 35.1. The molecule has 0 aliphatic carbocycles. The number of fused-ring (bicyclic) bond motifs is 4. The Kier molecular flexibility index (Phi) is 5.57. The summed E-state index contributed by atoms with van der Waals surface area (Å²) in [6.45, 7) is -0.465. The van der Waals surface area contributed by atoms with Crippen LogP contribution in [-0.4, -0.2) is 79.2 Å². The average Bonchev–Trinajstić information content (AvgIpc) is 2.80. The molecule has 7 N–H and O–H groups in total. The Morgan fingerprint density at radius 3 is 2.42 bits per heavy atom. The Balaban J connectivity index is 1.42. The van der Waals surface area contributed by atoms with E-state index in [0.29, 0.717) is 16.7 Å². The Morgan fingerprint density at radius 2 is 1.67 bits per heavy atom. The van der Waals surface area contributed by atoms with E-state index in [1.165, 1.54) is 24.3 Å². The highest BCUT2D eigenvalue weighted by Gasteiger charge is 2.46. The van der Waals surface area contributed by atoms with Gasteiger partial charge in [-0.25, -0.2) is 0 Å². The molecule has 0 bridgehead atoms. The maximum Gasteiger partial charge on any atom is 0.229 e. The van der Waals surface area contributed by atoms with Gasteiger partial charge in [-0.15, -0.1) is 0 Å². The first-order valence-corrected chi connectivity index (χ1v) is 10.4. The number of aliphatic hydroxyl groups is 5. The van der Waals surface area contributed by atoms with Gasteiger partial charge in [-0.05, 0) is 29.8 Å². The Labute approximate surface area is 187 Å². The van der Waals surface area contributed by atoms with Crippen molar-refractivity contribution in [3.05, 3.63) is 47.0 Å². The Bertz CT molecular complexity index is 1040. The van der Waals surface area contributed by atoms with Crippen LogP contribution in [0.15, 0.2) is 30.3 Å². The first-order valence-electron chi connectivity index (χ1n) is 10.4. The van der Waals surface area contributed by atoms with Crippen LogP contribution >= 0.6 is 0 Å². The zero-order valence-electron chi connectivity index (χ0n) is 17.2. The molecular weight excluding hydrogens is 440 g/mol. The highest BCUT2D eigenvalue weighted by atomic mass is 16.7. The first-order chi connectivity index (χ1) is 15.8. The van der Waals surface area contributed by atoms with Gasteiger partial charge in [-0.2, -0.15) is 0 Å². The number of phenols is 2. The molecule has 11 nitrogen and oxygen atoms in total. The minimum Gasteiger partial charge on any atom is -0.504 e. The highest BCUT2D eigenvalue weighted by molar-refractivity contribution is 5.50. The van der Waals surface area contributed by atoms with Crippen molar-refractivity contribution in [2.75, 3.05) is 6.61 Å². The standard InChI is InChI=1S/C22H24O11/c23-6-15-17(27)18(28)19(29)22(33-15)31-9-1-2-10-14(4-9)32-20-11-5-13(25)12(24)3-8(11)7-30-21(20)16(10)26/h1-5,15-29H,6-7H2/t15-,16-,17-,18+,19-,20-,21+,22-/m1/s1. The molecule has 8 atom stereocenters. The quantitative estimate of drug-likeness (QED) is 0.287. The summed E-state index contributed by atoms with van der Waals surface area (Å²) in [5, 5.41) is 70.0. The summed E-state index contributed by atoms with van der Waals surface area (Å²) in [6.07, 6.45) is -9.74. The van der Waals surface area contributed by atoms with Crippen LogP contribution in [0.2, 0.25) is 0 Å². The van der Waals surface area contributed by atoms with E-state index in [4.69, 9.17) is 18.9 Å². The van der Waals surface area contributed by atoms with Gasteiger partial charge in [0.2, 0.25) is 6.29 Å². The minimum atomic E-state index is -1.59. The lowest BCUT2D eigenvalue weighted by Gasteiger charge is -2.41. The van der Waals surface area contributed by atoms with Gasteiger partial charge in [0.1, 0.15) is 48.1 Å². The Morgan fingerprint density at radius 1 is 0.909 bits per heavy atom. The lowest BCUT2D eigenvalue weighted by molar-refractivity contribution is -0.277. The van der Waals surface area contributed by atoms with Crippen molar-refractivity contribution in [3.8, 4) is 23.0 Å². The number of hydrogen-bond acceptors (Lipinski definition) is 11. The van der Waals surface area contributed by atoms with E-state index in [1.54, 1.807) is 6.07 Å². The van der Waals surface area contributed by atoms with Crippen molar-refractivity contribution in [2.45, 2.75) is 55.6 Å².